The molecule has 0 saturated heterocycles. The van der Waals surface area contributed by atoms with Gasteiger partial charge in [-0.05, 0) is 48.9 Å². The van der Waals surface area contributed by atoms with Gasteiger partial charge in [0.15, 0.2) is 0 Å². The maximum atomic E-state index is 11.6. The van der Waals surface area contributed by atoms with Gasteiger partial charge in [-0.15, -0.1) is 0 Å². The van der Waals surface area contributed by atoms with Crippen LogP contribution in [0.3, 0.4) is 0 Å². The lowest BCUT2D eigenvalue weighted by molar-refractivity contribution is -0.137. The summed E-state index contributed by atoms with van der Waals surface area (Å²) < 4.78 is 0. The average Bonchev–Trinajstić information content (AvgIpc) is 2.95. The van der Waals surface area contributed by atoms with Crippen molar-refractivity contribution in [1.29, 1.82) is 0 Å². The Balaban J connectivity index is 2.16. The fraction of sp³-hybridized carbons (Fsp3) is 0.467. The normalized spacial score (nSPS) is 18.9. The van der Waals surface area contributed by atoms with Crippen molar-refractivity contribution in [2.24, 2.45) is 0 Å². The minimum absolute atomic E-state index is 0.00683. The second kappa shape index (κ2) is 3.83. The Kier molecular flexibility index (Phi) is 2.46. The third-order valence-corrected chi connectivity index (χ3v) is 4.42. The highest BCUT2D eigenvalue weighted by atomic mass is 16.4. The van der Waals surface area contributed by atoms with Gasteiger partial charge >= 0.3 is 5.97 Å². The summed E-state index contributed by atoms with van der Waals surface area (Å²) in [5, 5.41) is 12.0. The van der Waals surface area contributed by atoms with Crippen molar-refractivity contribution >= 4 is 17.6 Å². The lowest BCUT2D eigenvalue weighted by Gasteiger charge is -2.22. The molecule has 0 atom stereocenters. The van der Waals surface area contributed by atoms with Crippen molar-refractivity contribution in [3.63, 3.8) is 0 Å². The SMILES string of the molecule is Cc1cc2c(c(C3(CC(=O)O)CC3)c1C)NC(=O)C2. The number of nitrogens with one attached hydrogen (secondary N) is 1. The molecule has 1 amide bonds. The van der Waals surface area contributed by atoms with Crippen LogP contribution in [0.25, 0.3) is 0 Å². The number of fused-ring (bicyclic) bond motifs is 1. The third-order valence-electron chi connectivity index (χ3n) is 4.42. The van der Waals surface area contributed by atoms with Crippen LogP contribution in [0, 0.1) is 13.8 Å². The number of carbonyl (C=O) groups excluding carboxylic acids is 1. The van der Waals surface area contributed by atoms with E-state index < -0.39 is 5.97 Å². The van der Waals surface area contributed by atoms with Gasteiger partial charge in [0.2, 0.25) is 5.91 Å². The van der Waals surface area contributed by atoms with Crippen molar-refractivity contribution in [2.45, 2.75) is 44.9 Å². The van der Waals surface area contributed by atoms with Crippen LogP contribution in [0.4, 0.5) is 5.69 Å². The zero-order valence-corrected chi connectivity index (χ0v) is 11.2. The first-order chi connectivity index (χ1) is 8.93. The molecule has 1 aromatic rings. The number of aliphatic carboxylic acids is 1. The van der Waals surface area contributed by atoms with E-state index in [1.54, 1.807) is 0 Å². The maximum Gasteiger partial charge on any atom is 0.304 e. The minimum Gasteiger partial charge on any atom is -0.481 e. The van der Waals surface area contributed by atoms with Crippen molar-refractivity contribution in [2.75, 3.05) is 5.32 Å². The van der Waals surface area contributed by atoms with Gasteiger partial charge in [0.05, 0.1) is 12.8 Å². The number of aryl methyl sites for hydroxylation is 1. The van der Waals surface area contributed by atoms with Gasteiger partial charge in [0.1, 0.15) is 0 Å². The second-order valence-corrected chi connectivity index (χ2v) is 5.80. The lowest BCUT2D eigenvalue weighted by Crippen LogP contribution is -2.17. The van der Waals surface area contributed by atoms with Gasteiger partial charge in [-0.25, -0.2) is 0 Å². The van der Waals surface area contributed by atoms with Gasteiger partial charge in [0.25, 0.3) is 0 Å². The van der Waals surface area contributed by atoms with Crippen LogP contribution in [-0.4, -0.2) is 17.0 Å². The van der Waals surface area contributed by atoms with E-state index in [0.717, 1.165) is 40.8 Å². The van der Waals surface area contributed by atoms with E-state index in [9.17, 15) is 9.59 Å². The van der Waals surface area contributed by atoms with Crippen molar-refractivity contribution in [1.82, 2.24) is 0 Å². The molecule has 2 N–H and O–H groups in total. The van der Waals surface area contributed by atoms with Crippen molar-refractivity contribution < 1.29 is 14.7 Å². The van der Waals surface area contributed by atoms with Crippen LogP contribution in [0.1, 0.15) is 41.5 Å². The first-order valence-electron chi connectivity index (χ1n) is 6.58. The number of hydrogen-bond acceptors (Lipinski definition) is 2. The van der Waals surface area contributed by atoms with Crippen LogP contribution in [-0.2, 0) is 21.4 Å². The van der Waals surface area contributed by atoms with Crippen molar-refractivity contribution in [3.05, 3.63) is 28.3 Å². The Morgan fingerprint density at radius 1 is 1.42 bits per heavy atom. The number of carboxylic acids is 1. The molecule has 0 radical (unpaired) electrons. The molecular weight excluding hydrogens is 242 g/mol. The molecule has 1 heterocycles. The number of rotatable bonds is 3. The summed E-state index contributed by atoms with van der Waals surface area (Å²) in [6.45, 7) is 4.05. The predicted molar refractivity (Wildman–Crippen MR) is 71.4 cm³/mol. The molecule has 1 fully saturated rings. The largest absolute Gasteiger partial charge is 0.481 e. The number of amides is 1. The molecule has 2 aliphatic rings. The average molecular weight is 259 g/mol. The molecule has 0 spiro atoms. The van der Waals surface area contributed by atoms with E-state index in [4.69, 9.17) is 5.11 Å². The Morgan fingerprint density at radius 2 is 2.11 bits per heavy atom. The van der Waals surface area contributed by atoms with Gasteiger partial charge in [-0.2, -0.15) is 0 Å². The highest BCUT2D eigenvalue weighted by Gasteiger charge is 2.49. The highest BCUT2D eigenvalue weighted by Crippen LogP contribution is 2.56. The number of carboxylic acid groups (broad SMARTS) is 1. The van der Waals surface area contributed by atoms with Gasteiger partial charge in [0, 0.05) is 11.1 Å². The van der Waals surface area contributed by atoms with Crippen LogP contribution in [0.2, 0.25) is 0 Å². The summed E-state index contributed by atoms with van der Waals surface area (Å²) in [6, 6.07) is 2.04. The van der Waals surface area contributed by atoms with Crippen molar-refractivity contribution in [3.8, 4) is 0 Å². The first-order valence-corrected chi connectivity index (χ1v) is 6.58. The lowest BCUT2D eigenvalue weighted by atomic mass is 9.84. The summed E-state index contributed by atoms with van der Waals surface area (Å²) in [5.74, 6) is -0.760. The van der Waals surface area contributed by atoms with E-state index in [2.05, 4.69) is 5.32 Å². The fourth-order valence-corrected chi connectivity index (χ4v) is 3.24. The number of carbonyl (C=O) groups is 2. The summed E-state index contributed by atoms with van der Waals surface area (Å²) in [5.41, 5.74) is 4.97. The molecule has 4 nitrogen and oxygen atoms in total. The van der Waals surface area contributed by atoms with Crippen LogP contribution in [0.5, 0.6) is 0 Å². The second-order valence-electron chi connectivity index (χ2n) is 5.80. The number of anilines is 1. The van der Waals surface area contributed by atoms with E-state index in [0.29, 0.717) is 6.42 Å². The zero-order valence-electron chi connectivity index (χ0n) is 11.2. The zero-order chi connectivity index (χ0) is 13.8. The summed E-state index contributed by atoms with van der Waals surface area (Å²) in [7, 11) is 0. The minimum atomic E-state index is -0.767. The van der Waals surface area contributed by atoms with Gasteiger partial charge < -0.3 is 10.4 Å². The Bertz CT molecular complexity index is 600. The topological polar surface area (TPSA) is 66.4 Å². The molecule has 1 aromatic carbocycles. The third kappa shape index (κ3) is 1.82. The van der Waals surface area contributed by atoms with Gasteiger partial charge in [-0.1, -0.05) is 6.07 Å². The predicted octanol–water partition coefficient (Wildman–Crippen LogP) is 2.30. The number of hydrogen-bond donors (Lipinski definition) is 2. The summed E-state index contributed by atoms with van der Waals surface area (Å²) in [4.78, 5) is 22.7. The monoisotopic (exact) mass is 259 g/mol. The standard InChI is InChI=1S/C15H17NO3/c1-8-5-10-6-11(17)16-14(10)13(9(8)2)15(3-4-15)7-12(18)19/h5H,3-4,6-7H2,1-2H3,(H,16,17)(H,18,19). The highest BCUT2D eigenvalue weighted by molar-refractivity contribution is 6.01. The van der Waals surface area contributed by atoms with E-state index >= 15 is 0 Å². The molecule has 0 unspecified atom stereocenters. The number of benzene rings is 1. The summed E-state index contributed by atoms with van der Waals surface area (Å²) in [6.07, 6.45) is 2.35. The smallest absolute Gasteiger partial charge is 0.304 e. The Hall–Kier alpha value is -1.84. The van der Waals surface area contributed by atoms with Crippen LogP contribution >= 0.6 is 0 Å². The summed E-state index contributed by atoms with van der Waals surface area (Å²) >= 11 is 0. The molecule has 1 aliphatic carbocycles. The molecule has 4 heteroatoms. The molecule has 19 heavy (non-hydrogen) atoms. The maximum absolute atomic E-state index is 11.6. The van der Waals surface area contributed by atoms with E-state index in [1.807, 2.05) is 19.9 Å². The van der Waals surface area contributed by atoms with E-state index in [1.165, 1.54) is 0 Å². The first kappa shape index (κ1) is 12.2. The van der Waals surface area contributed by atoms with Crippen LogP contribution in [0.15, 0.2) is 6.07 Å². The van der Waals surface area contributed by atoms with Crippen LogP contribution < -0.4 is 5.32 Å². The molecule has 1 aliphatic heterocycles. The van der Waals surface area contributed by atoms with E-state index in [-0.39, 0.29) is 17.7 Å². The quantitative estimate of drug-likeness (QED) is 0.875. The Morgan fingerprint density at radius 3 is 2.68 bits per heavy atom. The molecule has 0 bridgehead atoms. The molecule has 3 rings (SSSR count). The Labute approximate surface area is 111 Å². The van der Waals surface area contributed by atoms with Gasteiger partial charge in [-0.3, -0.25) is 9.59 Å². The fourth-order valence-electron chi connectivity index (χ4n) is 3.24. The molecular formula is C15H17NO3. The molecule has 0 aromatic heterocycles. The molecule has 1 saturated carbocycles. The molecule has 100 valence electrons.